The molecule has 0 bridgehead atoms. The second-order valence-electron chi connectivity index (χ2n) is 4.34. The lowest BCUT2D eigenvalue weighted by atomic mass is 10.0. The van der Waals surface area contributed by atoms with Crippen LogP contribution in [0.2, 0.25) is 4.34 Å². The van der Waals surface area contributed by atoms with E-state index in [1.165, 1.54) is 16.9 Å². The number of thiophene rings is 1. The number of anilines is 1. The standard InChI is InChI=1S/C14H14ClNOS/c1-9(2)10-4-3-5-11(8-10)16-14(17)12-6-7-13(15)18-12/h3-9H,1-2H3,(H,16,17). The number of carbonyl (C=O) groups excluding carboxylic acids is 1. The maximum absolute atomic E-state index is 11.9. The van der Waals surface area contributed by atoms with Crippen LogP contribution in [0, 0.1) is 0 Å². The predicted octanol–water partition coefficient (Wildman–Crippen LogP) is 4.78. The Bertz CT molecular complexity index is 562. The average Bonchev–Trinajstić information content (AvgIpc) is 2.76. The first-order valence-electron chi connectivity index (χ1n) is 5.73. The summed E-state index contributed by atoms with van der Waals surface area (Å²) in [6.45, 7) is 4.25. The Balaban J connectivity index is 2.14. The first-order chi connectivity index (χ1) is 8.56. The normalized spacial score (nSPS) is 10.7. The van der Waals surface area contributed by atoms with Crippen LogP contribution in [0.25, 0.3) is 0 Å². The first-order valence-corrected chi connectivity index (χ1v) is 6.92. The van der Waals surface area contributed by atoms with Crippen LogP contribution in [0.3, 0.4) is 0 Å². The van der Waals surface area contributed by atoms with Crippen LogP contribution in [0.4, 0.5) is 5.69 Å². The van der Waals surface area contributed by atoms with Gasteiger partial charge in [-0.15, -0.1) is 11.3 Å². The van der Waals surface area contributed by atoms with Crippen LogP contribution >= 0.6 is 22.9 Å². The van der Waals surface area contributed by atoms with Crippen molar-refractivity contribution < 1.29 is 4.79 Å². The highest BCUT2D eigenvalue weighted by Gasteiger charge is 2.09. The third kappa shape index (κ3) is 3.12. The second kappa shape index (κ2) is 5.55. The molecule has 1 amide bonds. The Morgan fingerprint density at radius 3 is 2.67 bits per heavy atom. The summed E-state index contributed by atoms with van der Waals surface area (Å²) in [5.74, 6) is 0.325. The summed E-state index contributed by atoms with van der Waals surface area (Å²) in [6, 6.07) is 11.4. The van der Waals surface area contributed by atoms with Crippen LogP contribution in [0.5, 0.6) is 0 Å². The van der Waals surface area contributed by atoms with Crippen molar-refractivity contribution in [1.29, 1.82) is 0 Å². The molecule has 4 heteroatoms. The molecule has 0 radical (unpaired) electrons. The molecule has 0 aliphatic heterocycles. The summed E-state index contributed by atoms with van der Waals surface area (Å²) in [5.41, 5.74) is 2.02. The predicted molar refractivity (Wildman–Crippen MR) is 77.8 cm³/mol. The SMILES string of the molecule is CC(C)c1cccc(NC(=O)c2ccc(Cl)s2)c1. The van der Waals surface area contributed by atoms with Crippen molar-refractivity contribution in [2.24, 2.45) is 0 Å². The summed E-state index contributed by atoms with van der Waals surface area (Å²) >= 11 is 7.09. The molecule has 2 rings (SSSR count). The van der Waals surface area contributed by atoms with E-state index < -0.39 is 0 Å². The zero-order chi connectivity index (χ0) is 13.1. The molecule has 0 aliphatic rings. The fraction of sp³-hybridized carbons (Fsp3) is 0.214. The summed E-state index contributed by atoms with van der Waals surface area (Å²) < 4.78 is 0.621. The number of hydrogen-bond donors (Lipinski definition) is 1. The van der Waals surface area contributed by atoms with Gasteiger partial charge in [-0.2, -0.15) is 0 Å². The summed E-state index contributed by atoms with van der Waals surface area (Å²) in [4.78, 5) is 12.6. The number of rotatable bonds is 3. The molecule has 0 atom stereocenters. The van der Waals surface area contributed by atoms with Crippen LogP contribution in [-0.4, -0.2) is 5.91 Å². The quantitative estimate of drug-likeness (QED) is 0.861. The zero-order valence-electron chi connectivity index (χ0n) is 10.2. The molecule has 18 heavy (non-hydrogen) atoms. The molecular formula is C14H14ClNOS. The van der Waals surface area contributed by atoms with Gasteiger partial charge in [-0.3, -0.25) is 4.79 Å². The Hall–Kier alpha value is -1.32. The topological polar surface area (TPSA) is 29.1 Å². The molecule has 1 N–H and O–H groups in total. The lowest BCUT2D eigenvalue weighted by Crippen LogP contribution is -2.10. The third-order valence-corrected chi connectivity index (χ3v) is 3.84. The van der Waals surface area contributed by atoms with E-state index in [4.69, 9.17) is 11.6 Å². The van der Waals surface area contributed by atoms with E-state index in [0.717, 1.165) is 5.69 Å². The minimum absolute atomic E-state index is 0.118. The maximum atomic E-state index is 11.9. The lowest BCUT2D eigenvalue weighted by molar-refractivity contribution is 0.103. The highest BCUT2D eigenvalue weighted by molar-refractivity contribution is 7.18. The van der Waals surface area contributed by atoms with Gasteiger partial charge in [0.15, 0.2) is 0 Å². The first kappa shape index (κ1) is 13.1. The van der Waals surface area contributed by atoms with Crippen molar-refractivity contribution in [2.45, 2.75) is 19.8 Å². The highest BCUT2D eigenvalue weighted by Crippen LogP contribution is 2.23. The monoisotopic (exact) mass is 279 g/mol. The Kier molecular flexibility index (Phi) is 4.04. The molecule has 0 fully saturated rings. The van der Waals surface area contributed by atoms with Gasteiger partial charge in [0.1, 0.15) is 0 Å². The Morgan fingerprint density at radius 1 is 1.28 bits per heavy atom. The van der Waals surface area contributed by atoms with Gasteiger partial charge in [0.25, 0.3) is 5.91 Å². The van der Waals surface area contributed by atoms with Crippen LogP contribution in [0.1, 0.15) is 35.0 Å². The van der Waals surface area contributed by atoms with Gasteiger partial charge in [-0.25, -0.2) is 0 Å². The van der Waals surface area contributed by atoms with Gasteiger partial charge in [0.2, 0.25) is 0 Å². The van der Waals surface area contributed by atoms with Gasteiger partial charge in [-0.1, -0.05) is 37.6 Å². The van der Waals surface area contributed by atoms with E-state index in [1.54, 1.807) is 12.1 Å². The van der Waals surface area contributed by atoms with E-state index in [2.05, 4.69) is 25.2 Å². The molecule has 2 nitrogen and oxygen atoms in total. The van der Waals surface area contributed by atoms with Crippen LogP contribution in [-0.2, 0) is 0 Å². The summed E-state index contributed by atoms with van der Waals surface area (Å²) in [5, 5.41) is 2.88. The summed E-state index contributed by atoms with van der Waals surface area (Å²) in [7, 11) is 0. The number of carbonyl (C=O) groups is 1. The Morgan fingerprint density at radius 2 is 2.06 bits per heavy atom. The van der Waals surface area contributed by atoms with Gasteiger partial charge in [-0.05, 0) is 35.7 Å². The van der Waals surface area contributed by atoms with Crippen molar-refractivity contribution in [3.8, 4) is 0 Å². The second-order valence-corrected chi connectivity index (χ2v) is 6.05. The number of hydrogen-bond acceptors (Lipinski definition) is 2. The number of amides is 1. The smallest absolute Gasteiger partial charge is 0.265 e. The van der Waals surface area contributed by atoms with Gasteiger partial charge in [0, 0.05) is 5.69 Å². The zero-order valence-corrected chi connectivity index (χ0v) is 11.8. The van der Waals surface area contributed by atoms with Gasteiger partial charge in [0.05, 0.1) is 9.21 Å². The average molecular weight is 280 g/mol. The summed E-state index contributed by atoms with van der Waals surface area (Å²) in [6.07, 6.45) is 0. The molecule has 0 saturated carbocycles. The van der Waals surface area contributed by atoms with E-state index in [0.29, 0.717) is 15.1 Å². The number of halogens is 1. The molecule has 0 saturated heterocycles. The molecule has 2 aromatic rings. The van der Waals surface area contributed by atoms with Crippen molar-refractivity contribution in [3.05, 3.63) is 51.2 Å². The van der Waals surface area contributed by atoms with E-state index in [-0.39, 0.29) is 5.91 Å². The highest BCUT2D eigenvalue weighted by atomic mass is 35.5. The Labute approximate surface area is 116 Å². The van der Waals surface area contributed by atoms with Gasteiger partial charge < -0.3 is 5.32 Å². The molecule has 94 valence electrons. The largest absolute Gasteiger partial charge is 0.321 e. The maximum Gasteiger partial charge on any atom is 0.265 e. The molecule has 0 spiro atoms. The van der Waals surface area contributed by atoms with E-state index in [9.17, 15) is 4.79 Å². The molecule has 0 unspecified atom stereocenters. The minimum Gasteiger partial charge on any atom is -0.321 e. The van der Waals surface area contributed by atoms with Crippen molar-refractivity contribution in [3.63, 3.8) is 0 Å². The molecule has 1 aromatic carbocycles. The third-order valence-electron chi connectivity index (χ3n) is 2.61. The van der Waals surface area contributed by atoms with Crippen LogP contribution < -0.4 is 5.32 Å². The number of nitrogens with one attached hydrogen (secondary N) is 1. The fourth-order valence-corrected chi connectivity index (χ4v) is 2.54. The minimum atomic E-state index is -0.118. The van der Waals surface area contributed by atoms with Crippen molar-refractivity contribution in [2.75, 3.05) is 5.32 Å². The van der Waals surface area contributed by atoms with Crippen LogP contribution in [0.15, 0.2) is 36.4 Å². The lowest BCUT2D eigenvalue weighted by Gasteiger charge is -2.08. The molecule has 0 aliphatic carbocycles. The van der Waals surface area contributed by atoms with Crippen molar-refractivity contribution in [1.82, 2.24) is 0 Å². The van der Waals surface area contributed by atoms with Gasteiger partial charge >= 0.3 is 0 Å². The van der Waals surface area contributed by atoms with E-state index >= 15 is 0 Å². The van der Waals surface area contributed by atoms with Crippen molar-refractivity contribution >= 4 is 34.5 Å². The molecule has 1 heterocycles. The number of benzene rings is 1. The fourth-order valence-electron chi connectivity index (χ4n) is 1.60. The van der Waals surface area contributed by atoms with E-state index in [1.807, 2.05) is 18.2 Å². The molecular weight excluding hydrogens is 266 g/mol. The molecule has 1 aromatic heterocycles.